The van der Waals surface area contributed by atoms with Gasteiger partial charge in [-0.15, -0.1) is 0 Å². The number of aryl methyl sites for hydroxylation is 1. The Bertz CT molecular complexity index is 473. The minimum Gasteiger partial charge on any atom is -0.320 e. The summed E-state index contributed by atoms with van der Waals surface area (Å²) in [5, 5.41) is 0. The molecule has 2 aromatic carbocycles. The molecule has 0 aromatic heterocycles. The van der Waals surface area contributed by atoms with Crippen LogP contribution in [0, 0.1) is 5.82 Å². The largest absolute Gasteiger partial charge is 0.320 e. The van der Waals surface area contributed by atoms with Crippen LogP contribution in [0.5, 0.6) is 0 Å². The SMILES string of the molecule is CCc1ccc([C@H](N)c2ccc(F)cc2)cc1. The monoisotopic (exact) mass is 229 g/mol. The van der Waals surface area contributed by atoms with Crippen molar-refractivity contribution in [2.24, 2.45) is 5.73 Å². The molecule has 0 amide bonds. The van der Waals surface area contributed by atoms with Crippen LogP contribution < -0.4 is 5.73 Å². The first-order valence-corrected chi connectivity index (χ1v) is 5.80. The fraction of sp³-hybridized carbons (Fsp3) is 0.200. The molecular weight excluding hydrogens is 213 g/mol. The molecule has 2 heteroatoms. The summed E-state index contributed by atoms with van der Waals surface area (Å²) >= 11 is 0. The molecule has 0 radical (unpaired) electrons. The van der Waals surface area contributed by atoms with Crippen LogP contribution in [0.1, 0.15) is 29.7 Å². The van der Waals surface area contributed by atoms with Gasteiger partial charge in [0.2, 0.25) is 0 Å². The van der Waals surface area contributed by atoms with Gasteiger partial charge in [0, 0.05) is 0 Å². The molecule has 1 nitrogen and oxygen atoms in total. The molecule has 17 heavy (non-hydrogen) atoms. The predicted molar refractivity (Wildman–Crippen MR) is 68.3 cm³/mol. The zero-order chi connectivity index (χ0) is 12.3. The predicted octanol–water partition coefficient (Wildman–Crippen LogP) is 3.44. The molecular formula is C15H16FN. The van der Waals surface area contributed by atoms with E-state index in [-0.39, 0.29) is 11.9 Å². The minimum atomic E-state index is -0.234. The first kappa shape index (κ1) is 11.8. The van der Waals surface area contributed by atoms with E-state index >= 15 is 0 Å². The van der Waals surface area contributed by atoms with E-state index in [0.29, 0.717) is 0 Å². The van der Waals surface area contributed by atoms with Gasteiger partial charge in [-0.2, -0.15) is 0 Å². The van der Waals surface area contributed by atoms with Crippen LogP contribution in [-0.4, -0.2) is 0 Å². The smallest absolute Gasteiger partial charge is 0.123 e. The van der Waals surface area contributed by atoms with Gasteiger partial charge in [-0.1, -0.05) is 43.3 Å². The quantitative estimate of drug-likeness (QED) is 0.857. The lowest BCUT2D eigenvalue weighted by Gasteiger charge is -2.13. The highest BCUT2D eigenvalue weighted by Gasteiger charge is 2.08. The van der Waals surface area contributed by atoms with E-state index in [1.54, 1.807) is 12.1 Å². The van der Waals surface area contributed by atoms with Gasteiger partial charge in [0.25, 0.3) is 0 Å². The molecule has 2 aromatic rings. The third kappa shape index (κ3) is 2.71. The van der Waals surface area contributed by atoms with Crippen molar-refractivity contribution in [2.75, 3.05) is 0 Å². The topological polar surface area (TPSA) is 26.0 Å². The lowest BCUT2D eigenvalue weighted by Crippen LogP contribution is -2.11. The van der Waals surface area contributed by atoms with Crippen LogP contribution in [0.15, 0.2) is 48.5 Å². The van der Waals surface area contributed by atoms with E-state index in [0.717, 1.165) is 17.5 Å². The van der Waals surface area contributed by atoms with Crippen molar-refractivity contribution in [3.05, 3.63) is 71.0 Å². The van der Waals surface area contributed by atoms with Crippen LogP contribution in [-0.2, 0) is 6.42 Å². The van der Waals surface area contributed by atoms with Crippen molar-refractivity contribution in [2.45, 2.75) is 19.4 Å². The zero-order valence-electron chi connectivity index (χ0n) is 9.86. The molecule has 0 aliphatic heterocycles. The number of rotatable bonds is 3. The average Bonchev–Trinajstić information content (AvgIpc) is 2.39. The maximum atomic E-state index is 12.8. The van der Waals surface area contributed by atoms with Gasteiger partial charge in [-0.3, -0.25) is 0 Å². The molecule has 0 spiro atoms. The summed E-state index contributed by atoms with van der Waals surface area (Å²) in [5.74, 6) is -0.234. The Hall–Kier alpha value is -1.67. The van der Waals surface area contributed by atoms with E-state index in [2.05, 4.69) is 19.1 Å². The summed E-state index contributed by atoms with van der Waals surface area (Å²) in [7, 11) is 0. The fourth-order valence-electron chi connectivity index (χ4n) is 1.82. The number of hydrogen-bond acceptors (Lipinski definition) is 1. The molecule has 1 atom stereocenters. The molecule has 0 saturated carbocycles. The van der Waals surface area contributed by atoms with E-state index in [4.69, 9.17) is 5.73 Å². The van der Waals surface area contributed by atoms with Crippen molar-refractivity contribution in [3.63, 3.8) is 0 Å². The maximum absolute atomic E-state index is 12.8. The van der Waals surface area contributed by atoms with Crippen LogP contribution in [0.3, 0.4) is 0 Å². The molecule has 88 valence electrons. The number of halogens is 1. The van der Waals surface area contributed by atoms with Crippen molar-refractivity contribution >= 4 is 0 Å². The van der Waals surface area contributed by atoms with E-state index < -0.39 is 0 Å². The first-order valence-electron chi connectivity index (χ1n) is 5.80. The zero-order valence-corrected chi connectivity index (χ0v) is 9.86. The van der Waals surface area contributed by atoms with E-state index in [1.165, 1.54) is 17.7 Å². The number of benzene rings is 2. The Balaban J connectivity index is 2.23. The lowest BCUT2D eigenvalue weighted by atomic mass is 9.98. The average molecular weight is 229 g/mol. The van der Waals surface area contributed by atoms with Crippen molar-refractivity contribution < 1.29 is 4.39 Å². The number of nitrogens with two attached hydrogens (primary N) is 1. The molecule has 0 aliphatic carbocycles. The Morgan fingerprint density at radius 3 is 1.88 bits per heavy atom. The summed E-state index contributed by atoms with van der Waals surface area (Å²) in [6.45, 7) is 2.12. The summed E-state index contributed by atoms with van der Waals surface area (Å²) in [4.78, 5) is 0. The molecule has 0 heterocycles. The summed E-state index contributed by atoms with van der Waals surface area (Å²) in [6.07, 6.45) is 1.02. The molecule has 2 rings (SSSR count). The van der Waals surface area contributed by atoms with Gasteiger partial charge in [0.15, 0.2) is 0 Å². The van der Waals surface area contributed by atoms with E-state index in [1.807, 2.05) is 12.1 Å². The highest BCUT2D eigenvalue weighted by atomic mass is 19.1. The van der Waals surface area contributed by atoms with Gasteiger partial charge in [0.1, 0.15) is 5.82 Å². The fourth-order valence-corrected chi connectivity index (χ4v) is 1.82. The van der Waals surface area contributed by atoms with Gasteiger partial charge in [0.05, 0.1) is 6.04 Å². The first-order chi connectivity index (χ1) is 8.20. The second-order valence-electron chi connectivity index (χ2n) is 4.12. The molecule has 0 unspecified atom stereocenters. The second-order valence-corrected chi connectivity index (χ2v) is 4.12. The van der Waals surface area contributed by atoms with Gasteiger partial charge in [-0.05, 0) is 35.2 Å². The molecule has 0 saturated heterocycles. The van der Waals surface area contributed by atoms with Gasteiger partial charge < -0.3 is 5.73 Å². The summed E-state index contributed by atoms with van der Waals surface area (Å²) < 4.78 is 12.8. The Morgan fingerprint density at radius 1 is 0.941 bits per heavy atom. The van der Waals surface area contributed by atoms with Gasteiger partial charge >= 0.3 is 0 Å². The Kier molecular flexibility index (Phi) is 3.55. The Morgan fingerprint density at radius 2 is 1.41 bits per heavy atom. The summed E-state index contributed by atoms with van der Waals surface area (Å²) in [5.41, 5.74) is 9.40. The van der Waals surface area contributed by atoms with Crippen LogP contribution in [0.2, 0.25) is 0 Å². The minimum absolute atomic E-state index is 0.193. The van der Waals surface area contributed by atoms with Crippen LogP contribution in [0.4, 0.5) is 4.39 Å². The van der Waals surface area contributed by atoms with E-state index in [9.17, 15) is 4.39 Å². The lowest BCUT2D eigenvalue weighted by molar-refractivity contribution is 0.626. The van der Waals surface area contributed by atoms with Crippen molar-refractivity contribution in [1.29, 1.82) is 0 Å². The summed E-state index contributed by atoms with van der Waals surface area (Å²) in [6, 6.07) is 14.4. The van der Waals surface area contributed by atoms with Gasteiger partial charge in [-0.25, -0.2) is 4.39 Å². The van der Waals surface area contributed by atoms with Crippen molar-refractivity contribution in [3.8, 4) is 0 Å². The van der Waals surface area contributed by atoms with Crippen LogP contribution >= 0.6 is 0 Å². The molecule has 0 aliphatic rings. The highest BCUT2D eigenvalue weighted by molar-refractivity contribution is 5.33. The highest BCUT2D eigenvalue weighted by Crippen LogP contribution is 2.20. The molecule has 0 fully saturated rings. The number of hydrogen-bond donors (Lipinski definition) is 1. The second kappa shape index (κ2) is 5.11. The standard InChI is InChI=1S/C15H16FN/c1-2-11-3-5-12(6-4-11)15(17)13-7-9-14(16)10-8-13/h3-10,15H,2,17H2,1H3/t15-/m0/s1. The Labute approximate surface area is 101 Å². The normalized spacial score (nSPS) is 12.4. The third-order valence-electron chi connectivity index (χ3n) is 2.98. The molecule has 2 N–H and O–H groups in total. The van der Waals surface area contributed by atoms with Crippen molar-refractivity contribution in [1.82, 2.24) is 0 Å². The van der Waals surface area contributed by atoms with Crippen LogP contribution in [0.25, 0.3) is 0 Å². The third-order valence-corrected chi connectivity index (χ3v) is 2.98. The maximum Gasteiger partial charge on any atom is 0.123 e. The molecule has 0 bridgehead atoms.